The van der Waals surface area contributed by atoms with E-state index in [2.05, 4.69) is 12.0 Å². The number of rotatable bonds is 5. The second-order valence-electron chi connectivity index (χ2n) is 4.81. The first kappa shape index (κ1) is 14.5. The molecular formula is C15H20FN3O. The number of hydrogen-bond donors (Lipinski definition) is 1. The zero-order valence-electron chi connectivity index (χ0n) is 12.1. The molecule has 1 aromatic heterocycles. The third-order valence-corrected chi connectivity index (χ3v) is 3.42. The Balaban J connectivity index is 2.16. The largest absolute Gasteiger partial charge is 0.494 e. The molecule has 0 aliphatic heterocycles. The fourth-order valence-electron chi connectivity index (χ4n) is 2.19. The molecule has 2 rings (SSSR count). The van der Waals surface area contributed by atoms with Gasteiger partial charge in [0, 0.05) is 25.2 Å². The summed E-state index contributed by atoms with van der Waals surface area (Å²) in [6, 6.07) is 6.60. The van der Waals surface area contributed by atoms with Gasteiger partial charge < -0.3 is 10.5 Å². The van der Waals surface area contributed by atoms with E-state index in [0.717, 1.165) is 23.4 Å². The molecule has 0 saturated carbocycles. The third kappa shape index (κ3) is 2.99. The highest BCUT2D eigenvalue weighted by atomic mass is 19.1. The van der Waals surface area contributed by atoms with Gasteiger partial charge in [-0.05, 0) is 30.2 Å². The van der Waals surface area contributed by atoms with Crippen molar-refractivity contribution in [2.75, 3.05) is 7.11 Å². The van der Waals surface area contributed by atoms with Gasteiger partial charge in [0.2, 0.25) is 0 Å². The van der Waals surface area contributed by atoms with Crippen molar-refractivity contribution >= 4 is 0 Å². The highest BCUT2D eigenvalue weighted by molar-refractivity contribution is 5.31. The van der Waals surface area contributed by atoms with Gasteiger partial charge in [0.25, 0.3) is 0 Å². The molecular weight excluding hydrogens is 257 g/mol. The van der Waals surface area contributed by atoms with Crippen molar-refractivity contribution in [3.63, 3.8) is 0 Å². The molecule has 5 heteroatoms. The highest BCUT2D eigenvalue weighted by Crippen LogP contribution is 2.23. The van der Waals surface area contributed by atoms with Crippen LogP contribution in [0.3, 0.4) is 0 Å². The van der Waals surface area contributed by atoms with E-state index in [0.29, 0.717) is 6.42 Å². The number of nitrogens with zero attached hydrogens (tertiary/aromatic N) is 2. The van der Waals surface area contributed by atoms with Crippen LogP contribution in [-0.2, 0) is 19.9 Å². The van der Waals surface area contributed by atoms with E-state index in [1.54, 1.807) is 12.1 Å². The minimum atomic E-state index is -0.389. The number of ether oxygens (including phenoxy) is 1. The Bertz CT molecular complexity index is 595. The number of hydrogen-bond acceptors (Lipinski definition) is 3. The van der Waals surface area contributed by atoms with Crippen molar-refractivity contribution in [2.45, 2.75) is 25.8 Å². The second-order valence-corrected chi connectivity index (χ2v) is 4.81. The van der Waals surface area contributed by atoms with Crippen LogP contribution in [0, 0.1) is 5.82 Å². The van der Waals surface area contributed by atoms with Gasteiger partial charge in [0.15, 0.2) is 11.6 Å². The standard InChI is InChI=1S/C15H20FN3O/c1-4-11-8-12(19(2)18-11)9-14(17)10-5-6-15(20-3)13(16)7-10/h5-8,14H,4,9,17H2,1-3H3. The molecule has 0 aliphatic carbocycles. The van der Waals surface area contributed by atoms with Crippen molar-refractivity contribution in [3.8, 4) is 5.75 Å². The Morgan fingerprint density at radius 3 is 2.70 bits per heavy atom. The fraction of sp³-hybridized carbons (Fsp3) is 0.400. The molecule has 0 bridgehead atoms. The molecule has 20 heavy (non-hydrogen) atoms. The molecule has 0 fully saturated rings. The predicted molar refractivity (Wildman–Crippen MR) is 76.2 cm³/mol. The van der Waals surface area contributed by atoms with Gasteiger partial charge in [-0.25, -0.2) is 4.39 Å². The maximum absolute atomic E-state index is 13.7. The minimum absolute atomic E-state index is 0.231. The summed E-state index contributed by atoms with van der Waals surface area (Å²) < 4.78 is 20.4. The molecule has 1 heterocycles. The fourth-order valence-corrected chi connectivity index (χ4v) is 2.19. The van der Waals surface area contributed by atoms with Crippen molar-refractivity contribution in [2.24, 2.45) is 12.8 Å². The van der Waals surface area contributed by atoms with E-state index in [1.807, 2.05) is 17.8 Å². The summed E-state index contributed by atoms with van der Waals surface area (Å²) in [7, 11) is 3.34. The monoisotopic (exact) mass is 277 g/mol. The summed E-state index contributed by atoms with van der Waals surface area (Å²) >= 11 is 0. The Kier molecular flexibility index (Phi) is 4.39. The molecule has 1 atom stereocenters. The Hall–Kier alpha value is -1.88. The van der Waals surface area contributed by atoms with E-state index in [1.165, 1.54) is 13.2 Å². The van der Waals surface area contributed by atoms with E-state index < -0.39 is 0 Å². The maximum Gasteiger partial charge on any atom is 0.165 e. The van der Waals surface area contributed by atoms with Crippen LogP contribution < -0.4 is 10.5 Å². The first-order chi connectivity index (χ1) is 9.55. The summed E-state index contributed by atoms with van der Waals surface area (Å²) in [5.41, 5.74) is 9.00. The lowest BCUT2D eigenvalue weighted by Crippen LogP contribution is -2.15. The van der Waals surface area contributed by atoms with Crippen molar-refractivity contribution in [1.82, 2.24) is 9.78 Å². The number of benzene rings is 1. The zero-order chi connectivity index (χ0) is 14.7. The van der Waals surface area contributed by atoms with Crippen molar-refractivity contribution in [3.05, 3.63) is 47.0 Å². The Labute approximate surface area is 118 Å². The van der Waals surface area contributed by atoms with Crippen molar-refractivity contribution < 1.29 is 9.13 Å². The lowest BCUT2D eigenvalue weighted by molar-refractivity contribution is 0.386. The molecule has 0 radical (unpaired) electrons. The van der Waals surface area contributed by atoms with E-state index in [9.17, 15) is 4.39 Å². The van der Waals surface area contributed by atoms with E-state index >= 15 is 0 Å². The lowest BCUT2D eigenvalue weighted by atomic mass is 10.0. The highest BCUT2D eigenvalue weighted by Gasteiger charge is 2.13. The van der Waals surface area contributed by atoms with Gasteiger partial charge in [-0.15, -0.1) is 0 Å². The first-order valence-corrected chi connectivity index (χ1v) is 6.66. The molecule has 1 aromatic carbocycles. The molecule has 2 N–H and O–H groups in total. The molecule has 0 amide bonds. The van der Waals surface area contributed by atoms with E-state index in [-0.39, 0.29) is 17.6 Å². The van der Waals surface area contributed by atoms with Gasteiger partial charge in [-0.2, -0.15) is 5.10 Å². The Morgan fingerprint density at radius 2 is 2.15 bits per heavy atom. The van der Waals surface area contributed by atoms with Gasteiger partial charge in [0.1, 0.15) is 0 Å². The summed E-state index contributed by atoms with van der Waals surface area (Å²) in [6.07, 6.45) is 1.51. The number of aromatic nitrogens is 2. The number of halogens is 1. The normalized spacial score (nSPS) is 12.4. The minimum Gasteiger partial charge on any atom is -0.494 e. The molecule has 0 saturated heterocycles. The van der Waals surface area contributed by atoms with E-state index in [4.69, 9.17) is 10.5 Å². The molecule has 2 aromatic rings. The molecule has 0 spiro atoms. The summed E-state index contributed by atoms with van der Waals surface area (Å²) in [4.78, 5) is 0. The smallest absolute Gasteiger partial charge is 0.165 e. The molecule has 108 valence electrons. The van der Waals surface area contributed by atoms with Crippen LogP contribution >= 0.6 is 0 Å². The van der Waals surface area contributed by atoms with Gasteiger partial charge >= 0.3 is 0 Å². The van der Waals surface area contributed by atoms with Crippen LogP contribution in [0.1, 0.15) is 29.9 Å². The molecule has 1 unspecified atom stereocenters. The maximum atomic E-state index is 13.7. The quantitative estimate of drug-likeness (QED) is 0.913. The second kappa shape index (κ2) is 6.05. The predicted octanol–water partition coefficient (Wildman–Crippen LogP) is 2.37. The van der Waals surface area contributed by atoms with Crippen molar-refractivity contribution in [1.29, 1.82) is 0 Å². The average Bonchev–Trinajstić information content (AvgIpc) is 2.79. The van der Waals surface area contributed by atoms with Crippen LogP contribution in [0.25, 0.3) is 0 Å². The lowest BCUT2D eigenvalue weighted by Gasteiger charge is -2.13. The third-order valence-electron chi connectivity index (χ3n) is 3.42. The number of methoxy groups -OCH3 is 1. The van der Waals surface area contributed by atoms with Gasteiger partial charge in [0.05, 0.1) is 12.8 Å². The molecule has 0 aliphatic rings. The van der Waals surface area contributed by atoms with Gasteiger partial charge in [-0.1, -0.05) is 13.0 Å². The van der Waals surface area contributed by atoms with Gasteiger partial charge in [-0.3, -0.25) is 4.68 Å². The average molecular weight is 277 g/mol. The number of nitrogens with two attached hydrogens (primary N) is 1. The number of aryl methyl sites for hydroxylation is 2. The summed E-state index contributed by atoms with van der Waals surface area (Å²) in [5.74, 6) is -0.158. The molecule has 4 nitrogen and oxygen atoms in total. The summed E-state index contributed by atoms with van der Waals surface area (Å²) in [5, 5.41) is 4.39. The summed E-state index contributed by atoms with van der Waals surface area (Å²) in [6.45, 7) is 2.06. The zero-order valence-corrected chi connectivity index (χ0v) is 12.1. The Morgan fingerprint density at radius 1 is 1.40 bits per heavy atom. The van der Waals surface area contributed by atoms with Crippen LogP contribution in [0.4, 0.5) is 4.39 Å². The van der Waals surface area contributed by atoms with Crippen LogP contribution in [0.15, 0.2) is 24.3 Å². The first-order valence-electron chi connectivity index (χ1n) is 6.66. The van der Waals surface area contributed by atoms with Crippen LogP contribution in [0.5, 0.6) is 5.75 Å². The topological polar surface area (TPSA) is 53.1 Å². The van der Waals surface area contributed by atoms with Crippen LogP contribution in [0.2, 0.25) is 0 Å². The SMILES string of the molecule is CCc1cc(CC(N)c2ccc(OC)c(F)c2)n(C)n1. The van der Waals surface area contributed by atoms with Crippen LogP contribution in [-0.4, -0.2) is 16.9 Å².